The molecule has 1 aliphatic heterocycles. The minimum atomic E-state index is -0.828. The second-order valence-electron chi connectivity index (χ2n) is 5.68. The summed E-state index contributed by atoms with van der Waals surface area (Å²) in [7, 11) is 0. The van der Waals surface area contributed by atoms with E-state index in [-0.39, 0.29) is 5.91 Å². The van der Waals surface area contributed by atoms with Crippen LogP contribution in [0, 0.1) is 5.92 Å². The van der Waals surface area contributed by atoms with Crippen LogP contribution in [0.5, 0.6) is 0 Å². The molecule has 1 atom stereocenters. The first-order valence-electron chi connectivity index (χ1n) is 6.54. The van der Waals surface area contributed by atoms with Crippen LogP contribution in [0.25, 0.3) is 0 Å². The van der Waals surface area contributed by atoms with Gasteiger partial charge in [0.1, 0.15) is 0 Å². The van der Waals surface area contributed by atoms with E-state index < -0.39 is 5.60 Å². The molecule has 0 aromatic heterocycles. The van der Waals surface area contributed by atoms with Gasteiger partial charge in [0.15, 0.2) is 0 Å². The van der Waals surface area contributed by atoms with Crippen molar-refractivity contribution in [2.75, 3.05) is 11.4 Å². The van der Waals surface area contributed by atoms with Gasteiger partial charge in [0.05, 0.1) is 5.60 Å². The quantitative estimate of drug-likeness (QED) is 0.873. The van der Waals surface area contributed by atoms with Gasteiger partial charge in [-0.15, -0.1) is 0 Å². The minimum Gasteiger partial charge on any atom is -0.385 e. The molecular weight excluding hydrogens is 226 g/mol. The maximum atomic E-state index is 12.2. The van der Waals surface area contributed by atoms with Crippen molar-refractivity contribution in [1.29, 1.82) is 0 Å². The first-order valence-corrected chi connectivity index (χ1v) is 6.54. The Hall–Kier alpha value is -1.35. The molecule has 2 rings (SSSR count). The van der Waals surface area contributed by atoms with E-state index in [0.717, 1.165) is 11.3 Å². The Kier molecular flexibility index (Phi) is 3.44. The molecule has 1 aliphatic rings. The normalized spacial score (nSPS) is 23.1. The smallest absolute Gasteiger partial charge is 0.227 e. The fraction of sp³-hybridized carbons (Fsp3) is 0.533. The highest BCUT2D eigenvalue weighted by atomic mass is 16.3. The van der Waals surface area contributed by atoms with E-state index in [1.54, 1.807) is 0 Å². The van der Waals surface area contributed by atoms with Crippen molar-refractivity contribution in [3.63, 3.8) is 0 Å². The van der Waals surface area contributed by atoms with Gasteiger partial charge in [0.25, 0.3) is 0 Å². The lowest BCUT2D eigenvalue weighted by atomic mass is 9.87. The van der Waals surface area contributed by atoms with Crippen molar-refractivity contribution in [2.24, 2.45) is 5.92 Å². The number of fused-ring (bicyclic) bond motifs is 1. The van der Waals surface area contributed by atoms with Gasteiger partial charge in [-0.3, -0.25) is 4.79 Å². The number of carbonyl (C=O) groups excluding carboxylic acids is 1. The molecule has 1 unspecified atom stereocenters. The molecule has 3 heteroatoms. The highest BCUT2D eigenvalue weighted by molar-refractivity contribution is 5.94. The molecule has 1 N–H and O–H groups in total. The van der Waals surface area contributed by atoms with Crippen LogP contribution in [0.3, 0.4) is 0 Å². The van der Waals surface area contributed by atoms with Gasteiger partial charge in [-0.25, -0.2) is 0 Å². The number of aliphatic hydroxyl groups is 1. The molecule has 1 amide bonds. The molecule has 3 nitrogen and oxygen atoms in total. The number of para-hydroxylation sites is 1. The summed E-state index contributed by atoms with van der Waals surface area (Å²) in [4.78, 5) is 14.0. The molecule has 0 radical (unpaired) electrons. The molecule has 0 spiro atoms. The molecule has 0 saturated carbocycles. The zero-order valence-electron chi connectivity index (χ0n) is 11.3. The summed E-state index contributed by atoms with van der Waals surface area (Å²) in [6.07, 6.45) is 1.14. The summed E-state index contributed by atoms with van der Waals surface area (Å²) in [5.74, 6) is 0.500. The molecule has 0 fully saturated rings. The number of carbonyl (C=O) groups is 1. The molecule has 0 bridgehead atoms. The first-order chi connectivity index (χ1) is 8.42. The van der Waals surface area contributed by atoms with Crippen LogP contribution in [-0.2, 0) is 10.4 Å². The molecule has 1 aromatic carbocycles. The molecular formula is C15H21NO2. The van der Waals surface area contributed by atoms with Crippen LogP contribution in [-0.4, -0.2) is 17.6 Å². The second kappa shape index (κ2) is 4.73. The molecule has 18 heavy (non-hydrogen) atoms. The van der Waals surface area contributed by atoms with E-state index in [2.05, 4.69) is 0 Å². The summed E-state index contributed by atoms with van der Waals surface area (Å²) >= 11 is 0. The molecule has 98 valence electrons. The van der Waals surface area contributed by atoms with E-state index in [4.69, 9.17) is 0 Å². The maximum absolute atomic E-state index is 12.2. The monoisotopic (exact) mass is 247 g/mol. The van der Waals surface area contributed by atoms with Crippen molar-refractivity contribution in [3.05, 3.63) is 29.8 Å². The standard InChI is InChI=1S/C15H21NO2/c1-11(2)10-14(17)16-9-8-15(3,18)12-6-4-5-7-13(12)16/h4-7,11,18H,8-10H2,1-3H3. The number of anilines is 1. The molecule has 0 saturated heterocycles. The average molecular weight is 247 g/mol. The number of benzene rings is 1. The van der Waals surface area contributed by atoms with Crippen molar-refractivity contribution in [1.82, 2.24) is 0 Å². The fourth-order valence-electron chi connectivity index (χ4n) is 2.47. The van der Waals surface area contributed by atoms with Gasteiger partial charge in [0, 0.05) is 24.2 Å². The predicted octanol–water partition coefficient (Wildman–Crippen LogP) is 2.68. The van der Waals surface area contributed by atoms with Crippen molar-refractivity contribution in [2.45, 2.75) is 39.2 Å². The Labute approximate surface area is 108 Å². The first kappa shape index (κ1) is 13.1. The highest BCUT2D eigenvalue weighted by Crippen LogP contribution is 2.38. The van der Waals surface area contributed by atoms with Gasteiger partial charge in [-0.05, 0) is 25.3 Å². The van der Waals surface area contributed by atoms with Gasteiger partial charge < -0.3 is 10.0 Å². The van der Waals surface area contributed by atoms with Crippen molar-refractivity contribution >= 4 is 11.6 Å². The van der Waals surface area contributed by atoms with Crippen LogP contribution in [0.15, 0.2) is 24.3 Å². The number of nitrogens with zero attached hydrogens (tertiary/aromatic N) is 1. The van der Waals surface area contributed by atoms with Crippen molar-refractivity contribution < 1.29 is 9.90 Å². The summed E-state index contributed by atoms with van der Waals surface area (Å²) in [5.41, 5.74) is 0.887. The fourth-order valence-corrected chi connectivity index (χ4v) is 2.47. The van der Waals surface area contributed by atoms with Crippen molar-refractivity contribution in [3.8, 4) is 0 Å². The van der Waals surface area contributed by atoms with Gasteiger partial charge in [-0.1, -0.05) is 32.0 Å². The van der Waals surface area contributed by atoms with E-state index in [0.29, 0.717) is 25.3 Å². The second-order valence-corrected chi connectivity index (χ2v) is 5.68. The lowest BCUT2D eigenvalue weighted by molar-refractivity contribution is -0.119. The Balaban J connectivity index is 2.34. The summed E-state index contributed by atoms with van der Waals surface area (Å²) < 4.78 is 0. The Morgan fingerprint density at radius 2 is 2.11 bits per heavy atom. The van der Waals surface area contributed by atoms with Crippen LogP contribution in [0.1, 0.15) is 39.2 Å². The number of amides is 1. The number of hydrogen-bond donors (Lipinski definition) is 1. The summed E-state index contributed by atoms with van der Waals surface area (Å²) in [5, 5.41) is 10.4. The predicted molar refractivity (Wildman–Crippen MR) is 72.4 cm³/mol. The van der Waals surface area contributed by atoms with Crippen LogP contribution in [0.2, 0.25) is 0 Å². The Bertz CT molecular complexity index is 452. The lowest BCUT2D eigenvalue weighted by Gasteiger charge is -2.38. The average Bonchev–Trinajstić information content (AvgIpc) is 2.28. The van der Waals surface area contributed by atoms with E-state index in [1.807, 2.05) is 49.9 Å². The third kappa shape index (κ3) is 2.41. The van der Waals surface area contributed by atoms with Crippen LogP contribution in [0.4, 0.5) is 5.69 Å². The zero-order valence-corrected chi connectivity index (χ0v) is 11.3. The van der Waals surface area contributed by atoms with Crippen LogP contribution >= 0.6 is 0 Å². The maximum Gasteiger partial charge on any atom is 0.227 e. The largest absolute Gasteiger partial charge is 0.385 e. The summed E-state index contributed by atoms with van der Waals surface area (Å²) in [6.45, 7) is 6.50. The van der Waals surface area contributed by atoms with Gasteiger partial charge in [-0.2, -0.15) is 0 Å². The third-order valence-corrected chi connectivity index (χ3v) is 3.48. The zero-order chi connectivity index (χ0) is 13.3. The molecule has 1 heterocycles. The highest BCUT2D eigenvalue weighted by Gasteiger charge is 2.34. The summed E-state index contributed by atoms with van der Waals surface area (Å²) in [6, 6.07) is 7.64. The van der Waals surface area contributed by atoms with E-state index in [1.165, 1.54) is 0 Å². The van der Waals surface area contributed by atoms with Gasteiger partial charge in [0.2, 0.25) is 5.91 Å². The third-order valence-electron chi connectivity index (χ3n) is 3.48. The number of hydrogen-bond acceptors (Lipinski definition) is 2. The Morgan fingerprint density at radius 3 is 2.78 bits per heavy atom. The van der Waals surface area contributed by atoms with E-state index in [9.17, 15) is 9.90 Å². The van der Waals surface area contributed by atoms with Gasteiger partial charge >= 0.3 is 0 Å². The van der Waals surface area contributed by atoms with E-state index >= 15 is 0 Å². The SMILES string of the molecule is CC(C)CC(=O)N1CCC(C)(O)c2ccccc21. The minimum absolute atomic E-state index is 0.146. The Morgan fingerprint density at radius 1 is 1.44 bits per heavy atom. The topological polar surface area (TPSA) is 40.5 Å². The molecule has 0 aliphatic carbocycles. The lowest BCUT2D eigenvalue weighted by Crippen LogP contribution is -2.42. The van der Waals surface area contributed by atoms with Crippen LogP contribution < -0.4 is 4.90 Å². The number of rotatable bonds is 2. The molecule has 1 aromatic rings.